The van der Waals surface area contributed by atoms with Crippen molar-refractivity contribution in [2.75, 3.05) is 4.90 Å². The van der Waals surface area contributed by atoms with Crippen LogP contribution in [0.3, 0.4) is 0 Å². The van der Waals surface area contributed by atoms with Crippen LogP contribution >= 0.6 is 0 Å². The number of nitrogens with zero attached hydrogens (tertiary/aromatic N) is 1. The maximum atomic E-state index is 2.46. The lowest BCUT2D eigenvalue weighted by Crippen LogP contribution is -2.13. The van der Waals surface area contributed by atoms with E-state index in [9.17, 15) is 0 Å². The van der Waals surface area contributed by atoms with Gasteiger partial charge in [-0.05, 0) is 68.4 Å². The van der Waals surface area contributed by atoms with Crippen LogP contribution in [-0.4, -0.2) is 0 Å². The van der Waals surface area contributed by atoms with Crippen LogP contribution in [0.5, 0.6) is 0 Å². The summed E-state index contributed by atoms with van der Waals surface area (Å²) in [6.45, 7) is 0. The summed E-state index contributed by atoms with van der Waals surface area (Å²) < 4.78 is 0. The topological polar surface area (TPSA) is 3.24 Å². The van der Waals surface area contributed by atoms with Gasteiger partial charge >= 0.3 is 0 Å². The highest BCUT2D eigenvalue weighted by Crippen LogP contribution is 2.49. The van der Waals surface area contributed by atoms with Crippen LogP contribution in [0.1, 0.15) is 0 Å². The van der Waals surface area contributed by atoms with Gasteiger partial charge in [0.25, 0.3) is 0 Å². The predicted octanol–water partition coefficient (Wildman–Crippen LogP) is 13.0. The van der Waals surface area contributed by atoms with Crippen molar-refractivity contribution in [1.29, 1.82) is 0 Å². The molecule has 8 aromatic carbocycles. The molecular weight excluding hydrogens is 567 g/mol. The number of benzene rings is 8. The molecular formula is C46H33N. The second-order valence-corrected chi connectivity index (χ2v) is 11.7. The van der Waals surface area contributed by atoms with Crippen LogP contribution < -0.4 is 4.90 Å². The van der Waals surface area contributed by atoms with Gasteiger partial charge in [0.1, 0.15) is 0 Å². The van der Waals surface area contributed by atoms with E-state index in [2.05, 4.69) is 205 Å². The Morgan fingerprint density at radius 1 is 0.277 bits per heavy atom. The summed E-state index contributed by atoms with van der Waals surface area (Å²) in [5.74, 6) is 0. The smallest absolute Gasteiger partial charge is 0.0546 e. The molecule has 0 atom stereocenters. The molecule has 0 aliphatic heterocycles. The average Bonchev–Trinajstić information content (AvgIpc) is 3.16. The Balaban J connectivity index is 1.48. The molecule has 1 heteroatoms. The first kappa shape index (κ1) is 28.3. The van der Waals surface area contributed by atoms with Crippen LogP contribution in [-0.2, 0) is 0 Å². The van der Waals surface area contributed by atoms with Gasteiger partial charge in [-0.15, -0.1) is 0 Å². The summed E-state index contributed by atoms with van der Waals surface area (Å²) >= 11 is 0. The molecule has 47 heavy (non-hydrogen) atoms. The number of hydrogen-bond acceptors (Lipinski definition) is 1. The van der Waals surface area contributed by atoms with E-state index in [1.54, 1.807) is 0 Å². The van der Waals surface area contributed by atoms with Crippen molar-refractivity contribution in [2.45, 2.75) is 0 Å². The lowest BCUT2D eigenvalue weighted by atomic mass is 9.87. The van der Waals surface area contributed by atoms with Crippen LogP contribution in [0.25, 0.3) is 55.3 Å². The lowest BCUT2D eigenvalue weighted by molar-refractivity contribution is 1.29. The van der Waals surface area contributed by atoms with Crippen LogP contribution in [0.4, 0.5) is 17.1 Å². The minimum Gasteiger partial charge on any atom is -0.309 e. The Morgan fingerprint density at radius 3 is 1.43 bits per heavy atom. The first-order chi connectivity index (χ1) is 23.3. The van der Waals surface area contributed by atoms with Crippen molar-refractivity contribution in [1.82, 2.24) is 0 Å². The number of hydrogen-bond donors (Lipinski definition) is 0. The zero-order chi connectivity index (χ0) is 31.4. The fourth-order valence-electron chi connectivity index (χ4n) is 6.69. The molecule has 0 amide bonds. The van der Waals surface area contributed by atoms with Gasteiger partial charge < -0.3 is 4.90 Å². The standard InChI is InChI=1S/C46H33N/c1-4-18-35(19-5-1)40-25-12-13-27-43(40)46-42(37-22-8-3-9-23-37)28-16-30-45(46)47(39-32-31-34-17-10-11-24-38(34)33-39)44-29-15-14-26-41(44)36-20-6-2-7-21-36/h1-33H. The van der Waals surface area contributed by atoms with Gasteiger partial charge in [0.2, 0.25) is 0 Å². The van der Waals surface area contributed by atoms with Crippen molar-refractivity contribution >= 4 is 27.8 Å². The van der Waals surface area contributed by atoms with Gasteiger partial charge in [-0.1, -0.05) is 176 Å². The molecule has 222 valence electrons. The van der Waals surface area contributed by atoms with Crippen molar-refractivity contribution in [3.63, 3.8) is 0 Å². The highest BCUT2D eigenvalue weighted by Gasteiger charge is 2.24. The number of para-hydroxylation sites is 1. The van der Waals surface area contributed by atoms with Gasteiger partial charge in [0.05, 0.1) is 11.4 Å². The molecule has 0 bridgehead atoms. The number of rotatable bonds is 7. The largest absolute Gasteiger partial charge is 0.309 e. The van der Waals surface area contributed by atoms with Gasteiger partial charge in [-0.2, -0.15) is 0 Å². The molecule has 0 fully saturated rings. The molecule has 8 rings (SSSR count). The molecule has 0 aliphatic carbocycles. The van der Waals surface area contributed by atoms with Gasteiger partial charge in [0, 0.05) is 16.8 Å². The average molecular weight is 600 g/mol. The Morgan fingerprint density at radius 2 is 0.745 bits per heavy atom. The monoisotopic (exact) mass is 599 g/mol. The highest BCUT2D eigenvalue weighted by molar-refractivity contribution is 6.03. The molecule has 8 aromatic rings. The van der Waals surface area contributed by atoms with Crippen molar-refractivity contribution in [3.05, 3.63) is 200 Å². The normalized spacial score (nSPS) is 11.0. The molecule has 0 spiro atoms. The molecule has 0 heterocycles. The van der Waals surface area contributed by atoms with Crippen LogP contribution in [0, 0.1) is 0 Å². The second-order valence-electron chi connectivity index (χ2n) is 11.7. The highest BCUT2D eigenvalue weighted by atomic mass is 15.1. The Kier molecular flexibility index (Phi) is 7.63. The van der Waals surface area contributed by atoms with E-state index in [0.29, 0.717) is 0 Å². The molecule has 0 unspecified atom stereocenters. The van der Waals surface area contributed by atoms with E-state index in [0.717, 1.165) is 17.1 Å². The lowest BCUT2D eigenvalue weighted by Gasteiger charge is -2.31. The first-order valence-corrected chi connectivity index (χ1v) is 16.1. The summed E-state index contributed by atoms with van der Waals surface area (Å²) in [5, 5.41) is 2.43. The van der Waals surface area contributed by atoms with Gasteiger partial charge in [-0.3, -0.25) is 0 Å². The molecule has 1 nitrogen and oxygen atoms in total. The zero-order valence-corrected chi connectivity index (χ0v) is 26.0. The summed E-state index contributed by atoms with van der Waals surface area (Å²) in [6, 6.07) is 71.9. The number of anilines is 3. The minimum atomic E-state index is 1.11. The maximum Gasteiger partial charge on any atom is 0.0546 e. The SMILES string of the molecule is c1ccc(-c2ccccc2-c2c(-c3ccccc3)cccc2N(c2ccc3ccccc3c2)c2ccccc2-c2ccccc2)cc1. The summed E-state index contributed by atoms with van der Waals surface area (Å²) in [6.07, 6.45) is 0. The molecule has 0 aromatic heterocycles. The van der Waals surface area contributed by atoms with Crippen molar-refractivity contribution < 1.29 is 0 Å². The molecule has 0 aliphatic rings. The van der Waals surface area contributed by atoms with E-state index in [1.807, 2.05) is 0 Å². The zero-order valence-electron chi connectivity index (χ0n) is 26.0. The second kappa shape index (κ2) is 12.7. The van der Waals surface area contributed by atoms with Crippen LogP contribution in [0.15, 0.2) is 200 Å². The Bertz CT molecular complexity index is 2290. The van der Waals surface area contributed by atoms with E-state index < -0.39 is 0 Å². The molecule has 0 saturated carbocycles. The third-order valence-electron chi connectivity index (χ3n) is 8.87. The molecule has 0 saturated heterocycles. The molecule has 0 N–H and O–H groups in total. The summed E-state index contributed by atoms with van der Waals surface area (Å²) in [4.78, 5) is 2.46. The fraction of sp³-hybridized carbons (Fsp3) is 0. The Hall–Kier alpha value is -6.18. The summed E-state index contributed by atoms with van der Waals surface area (Å²) in [7, 11) is 0. The van der Waals surface area contributed by atoms with Gasteiger partial charge in [0.15, 0.2) is 0 Å². The van der Waals surface area contributed by atoms with Gasteiger partial charge in [-0.25, -0.2) is 0 Å². The van der Waals surface area contributed by atoms with Crippen LogP contribution in [0.2, 0.25) is 0 Å². The maximum absolute atomic E-state index is 2.46. The van der Waals surface area contributed by atoms with E-state index in [4.69, 9.17) is 0 Å². The third-order valence-corrected chi connectivity index (χ3v) is 8.87. The quantitative estimate of drug-likeness (QED) is 0.176. The first-order valence-electron chi connectivity index (χ1n) is 16.1. The van der Waals surface area contributed by atoms with E-state index in [1.165, 1.54) is 55.3 Å². The summed E-state index contributed by atoms with van der Waals surface area (Å²) in [5.41, 5.74) is 12.8. The molecule has 0 radical (unpaired) electrons. The predicted molar refractivity (Wildman–Crippen MR) is 200 cm³/mol. The third kappa shape index (κ3) is 5.49. The Labute approximate surface area is 276 Å². The van der Waals surface area contributed by atoms with Crippen molar-refractivity contribution in [3.8, 4) is 44.5 Å². The van der Waals surface area contributed by atoms with Crippen molar-refractivity contribution in [2.24, 2.45) is 0 Å². The number of fused-ring (bicyclic) bond motifs is 1. The van der Waals surface area contributed by atoms with E-state index >= 15 is 0 Å². The fourth-order valence-corrected chi connectivity index (χ4v) is 6.69. The minimum absolute atomic E-state index is 1.11. The van der Waals surface area contributed by atoms with E-state index in [-0.39, 0.29) is 0 Å².